The van der Waals surface area contributed by atoms with Gasteiger partial charge in [-0.15, -0.1) is 0 Å². The van der Waals surface area contributed by atoms with Crippen molar-refractivity contribution in [1.82, 2.24) is 4.98 Å². The van der Waals surface area contributed by atoms with E-state index in [4.69, 9.17) is 4.74 Å². The first-order valence-corrected chi connectivity index (χ1v) is 12.3. The van der Waals surface area contributed by atoms with Crippen LogP contribution in [0.2, 0.25) is 0 Å². The van der Waals surface area contributed by atoms with Crippen molar-refractivity contribution in [3.05, 3.63) is 86.1 Å². The summed E-state index contributed by atoms with van der Waals surface area (Å²) in [7, 11) is -2.12. The molecule has 0 saturated heterocycles. The van der Waals surface area contributed by atoms with Gasteiger partial charge in [0.2, 0.25) is 5.88 Å². The molecule has 1 unspecified atom stereocenters. The van der Waals surface area contributed by atoms with Gasteiger partial charge in [0.15, 0.2) is 11.0 Å². The minimum Gasteiger partial charge on any atom is -0.438 e. The van der Waals surface area contributed by atoms with Gasteiger partial charge in [0, 0.05) is 22.7 Å². The highest BCUT2D eigenvalue weighted by Crippen LogP contribution is 2.33. The van der Waals surface area contributed by atoms with Crippen LogP contribution in [0.1, 0.15) is 59.1 Å². The van der Waals surface area contributed by atoms with Gasteiger partial charge < -0.3 is 4.74 Å². The smallest absolute Gasteiger partial charge is 0.301 e. The van der Waals surface area contributed by atoms with E-state index >= 15 is 0 Å². The Morgan fingerprint density at radius 1 is 1.06 bits per heavy atom. The molecule has 0 aliphatic heterocycles. The first-order valence-electron chi connectivity index (χ1n) is 11.2. The van der Waals surface area contributed by atoms with Crippen molar-refractivity contribution in [2.75, 3.05) is 0 Å². The van der Waals surface area contributed by atoms with E-state index in [-0.39, 0.29) is 33.0 Å². The van der Waals surface area contributed by atoms with E-state index < -0.39 is 21.8 Å². The van der Waals surface area contributed by atoms with Crippen molar-refractivity contribution >= 4 is 22.6 Å². The maximum absolute atomic E-state index is 13.0. The molecule has 0 aliphatic rings. The fraction of sp³-hybridized carbons (Fsp3) is 0.308. The fourth-order valence-electron chi connectivity index (χ4n) is 3.69. The first kappa shape index (κ1) is 26.8. The zero-order chi connectivity index (χ0) is 26.8. The lowest BCUT2D eigenvalue weighted by atomic mass is 9.91. The van der Waals surface area contributed by atoms with Gasteiger partial charge in [-0.2, -0.15) is 0 Å². The number of nitro groups is 1. The number of rotatable bonds is 6. The van der Waals surface area contributed by atoms with Crippen molar-refractivity contribution in [2.24, 2.45) is 9.63 Å². The molecular weight excluding hydrogens is 480 g/mol. The quantitative estimate of drug-likeness (QED) is 0.209. The van der Waals surface area contributed by atoms with Crippen molar-refractivity contribution < 1.29 is 18.7 Å². The molecule has 1 heterocycles. The molecule has 9 nitrogen and oxygen atoms in total. The highest BCUT2D eigenvalue weighted by Gasteiger charge is 2.23. The van der Waals surface area contributed by atoms with Crippen molar-refractivity contribution in [3.63, 3.8) is 0 Å². The third-order valence-electron chi connectivity index (χ3n) is 5.51. The fourth-order valence-corrected chi connectivity index (χ4v) is 4.48. The number of hydrogen-bond acceptors (Lipinski definition) is 6. The van der Waals surface area contributed by atoms with Crippen LogP contribution in [0.5, 0.6) is 11.6 Å². The molecular formula is C26H28N4O5S. The second kappa shape index (κ2) is 10.4. The molecule has 0 radical (unpaired) electrons. The van der Waals surface area contributed by atoms with Crippen molar-refractivity contribution in [2.45, 2.75) is 58.8 Å². The van der Waals surface area contributed by atoms with Gasteiger partial charge >= 0.3 is 5.91 Å². The molecule has 0 N–H and O–H groups in total. The number of nitro benzene ring substituents is 1. The van der Waals surface area contributed by atoms with Crippen LogP contribution in [0.15, 0.2) is 57.0 Å². The summed E-state index contributed by atoms with van der Waals surface area (Å²) in [6.45, 7) is 13.3. The van der Waals surface area contributed by atoms with Gasteiger partial charge in [-0.05, 0) is 57.0 Å². The van der Waals surface area contributed by atoms with E-state index in [1.165, 1.54) is 25.1 Å². The van der Waals surface area contributed by atoms with Crippen LogP contribution in [0, 0.1) is 37.8 Å². The van der Waals surface area contributed by atoms with E-state index in [1.807, 2.05) is 53.7 Å². The number of carbonyl (C=O) groups is 1. The largest absolute Gasteiger partial charge is 0.438 e. The van der Waals surface area contributed by atoms with E-state index in [1.54, 1.807) is 12.1 Å². The zero-order valence-corrected chi connectivity index (χ0v) is 22.1. The molecule has 36 heavy (non-hydrogen) atoms. The Bertz CT molecular complexity index is 1390. The third-order valence-corrected chi connectivity index (χ3v) is 6.56. The molecule has 2 aromatic carbocycles. The predicted octanol–water partition coefficient (Wildman–Crippen LogP) is 6.63. The molecule has 0 bridgehead atoms. The Kier molecular flexibility index (Phi) is 7.78. The van der Waals surface area contributed by atoms with Gasteiger partial charge in [0.25, 0.3) is 5.69 Å². The molecule has 188 valence electrons. The average Bonchev–Trinajstić information content (AvgIpc) is 2.78. The number of benzene rings is 2. The summed E-state index contributed by atoms with van der Waals surface area (Å²) in [6, 6.07) is 11.4. The Balaban J connectivity index is 2.00. The summed E-state index contributed by atoms with van der Waals surface area (Å²) >= 11 is 0. The average molecular weight is 509 g/mol. The summed E-state index contributed by atoms with van der Waals surface area (Å²) in [5.41, 5.74) is 3.32. The highest BCUT2D eigenvalue weighted by molar-refractivity contribution is 7.83. The van der Waals surface area contributed by atoms with Crippen LogP contribution < -0.4 is 4.74 Å². The summed E-state index contributed by atoms with van der Waals surface area (Å²) in [5.74, 6) is -0.142. The van der Waals surface area contributed by atoms with E-state index in [9.17, 15) is 19.1 Å². The highest BCUT2D eigenvalue weighted by atomic mass is 32.2. The minimum atomic E-state index is -2.12. The SMILES string of the molecule is Cc1cc(C)c(Oc2nc(C(C)(C)C)ccc2C(=O)N=NS(=O)c2cccc([N+](=O)[O-])c2C)c(C)c1. The minimum absolute atomic E-state index is 0.0545. The summed E-state index contributed by atoms with van der Waals surface area (Å²) < 4.78 is 22.5. The van der Waals surface area contributed by atoms with E-state index in [0.717, 1.165) is 16.7 Å². The number of aromatic nitrogens is 1. The standard InChI is InChI=1S/C26H28N4O5S/c1-15-13-16(2)23(17(3)14-15)35-25-19(11-12-22(27-25)26(5,6)7)24(31)28-29-36(34)21-10-8-9-20(18(21)4)30(32)33/h8-14H,1-7H3. The summed E-state index contributed by atoms with van der Waals surface area (Å²) in [4.78, 5) is 28.3. The normalized spacial score (nSPS) is 12.5. The van der Waals surface area contributed by atoms with Crippen LogP contribution in [0.4, 0.5) is 5.69 Å². The number of aryl methyl sites for hydroxylation is 3. The number of amides is 1. The number of nitrogens with zero attached hydrogens (tertiary/aromatic N) is 4. The molecule has 10 heteroatoms. The zero-order valence-electron chi connectivity index (χ0n) is 21.3. The molecule has 1 amide bonds. The number of pyridine rings is 1. The first-order chi connectivity index (χ1) is 16.8. The van der Waals surface area contributed by atoms with Crippen LogP contribution in [-0.4, -0.2) is 20.0 Å². The lowest BCUT2D eigenvalue weighted by molar-refractivity contribution is -0.385. The lowest BCUT2D eigenvalue weighted by Gasteiger charge is -2.20. The van der Waals surface area contributed by atoms with E-state index in [2.05, 4.69) is 14.6 Å². The Morgan fingerprint density at radius 3 is 2.28 bits per heavy atom. The molecule has 1 atom stereocenters. The Morgan fingerprint density at radius 2 is 1.69 bits per heavy atom. The third kappa shape index (κ3) is 5.88. The topological polar surface area (TPSA) is 124 Å². The lowest BCUT2D eigenvalue weighted by Crippen LogP contribution is -2.15. The van der Waals surface area contributed by atoms with Gasteiger partial charge in [0.1, 0.15) is 11.3 Å². The molecule has 3 aromatic rings. The number of hydrogen-bond donors (Lipinski definition) is 0. The molecule has 0 saturated carbocycles. The molecule has 0 aliphatic carbocycles. The second-order valence-corrected chi connectivity index (χ2v) is 10.6. The molecule has 3 rings (SSSR count). The molecule has 1 aromatic heterocycles. The monoisotopic (exact) mass is 508 g/mol. The van der Waals surface area contributed by atoms with Crippen LogP contribution in [0.25, 0.3) is 0 Å². The Labute approximate surface area is 212 Å². The number of carbonyl (C=O) groups excluding carboxylic acids is 1. The molecule has 0 spiro atoms. The van der Waals surface area contributed by atoms with Gasteiger partial charge in [-0.3, -0.25) is 14.9 Å². The maximum Gasteiger partial charge on any atom is 0.301 e. The predicted molar refractivity (Wildman–Crippen MR) is 137 cm³/mol. The van der Waals surface area contributed by atoms with Crippen molar-refractivity contribution in [1.29, 1.82) is 0 Å². The van der Waals surface area contributed by atoms with Gasteiger partial charge in [-0.25, -0.2) is 9.19 Å². The van der Waals surface area contributed by atoms with E-state index in [0.29, 0.717) is 11.4 Å². The maximum atomic E-state index is 13.0. The van der Waals surface area contributed by atoms with Crippen molar-refractivity contribution in [3.8, 4) is 11.6 Å². The Hall–Kier alpha value is -3.79. The number of ether oxygens (including phenoxy) is 1. The van der Waals surface area contributed by atoms with Crippen LogP contribution >= 0.6 is 0 Å². The summed E-state index contributed by atoms with van der Waals surface area (Å²) in [6.07, 6.45) is 0. The molecule has 0 fully saturated rings. The second-order valence-electron chi connectivity index (χ2n) is 9.52. The van der Waals surface area contributed by atoms with Gasteiger partial charge in [0.05, 0.1) is 9.82 Å². The van der Waals surface area contributed by atoms with Gasteiger partial charge in [-0.1, -0.05) is 54.2 Å². The van der Waals surface area contributed by atoms with Crippen LogP contribution in [-0.2, 0) is 16.4 Å². The van der Waals surface area contributed by atoms with Crippen LogP contribution in [0.3, 0.4) is 0 Å². The summed E-state index contributed by atoms with van der Waals surface area (Å²) in [5, 5.41) is 14.8.